The van der Waals surface area contributed by atoms with Gasteiger partial charge in [0.2, 0.25) is 11.6 Å². The summed E-state index contributed by atoms with van der Waals surface area (Å²) in [5.41, 5.74) is 5.09. The second-order valence-corrected chi connectivity index (χ2v) is 5.54. The molecule has 0 aliphatic rings. The third kappa shape index (κ3) is 3.62. The van der Waals surface area contributed by atoms with Crippen LogP contribution in [0.2, 0.25) is 0 Å². The Bertz CT molecular complexity index is 468. The predicted octanol–water partition coefficient (Wildman–Crippen LogP) is 0.536. The van der Waals surface area contributed by atoms with Crippen LogP contribution in [0.15, 0.2) is 6.33 Å². The molecule has 1 rings (SSSR count). The fourth-order valence-electron chi connectivity index (χ4n) is 1.26. The number of nitrogen functional groups attached to an aromatic ring is 1. The zero-order chi connectivity index (χ0) is 13.7. The number of nitrogens with one attached hydrogen (secondary N) is 1. The molecular weight excluding hydrogens is 258 g/mol. The molecule has 18 heavy (non-hydrogen) atoms. The van der Waals surface area contributed by atoms with E-state index in [1.54, 1.807) is 6.26 Å². The van der Waals surface area contributed by atoms with Crippen molar-refractivity contribution < 1.29 is 9.13 Å². The van der Waals surface area contributed by atoms with Gasteiger partial charge in [-0.15, -0.1) is 0 Å². The van der Waals surface area contributed by atoms with E-state index in [4.69, 9.17) is 5.73 Å². The zero-order valence-corrected chi connectivity index (χ0v) is 10.9. The first-order valence-corrected chi connectivity index (χ1v) is 6.86. The summed E-state index contributed by atoms with van der Waals surface area (Å²) >= 11 is 0. The smallest absolute Gasteiger partial charge is 0.352 e. The van der Waals surface area contributed by atoms with Crippen LogP contribution >= 0.6 is 0 Å². The third-order valence-corrected chi connectivity index (χ3v) is 3.81. The third-order valence-electron chi connectivity index (χ3n) is 2.44. The maximum Gasteiger partial charge on any atom is 0.352 e. The summed E-state index contributed by atoms with van der Waals surface area (Å²) in [7, 11) is -0.918. The van der Waals surface area contributed by atoms with E-state index in [1.165, 1.54) is 0 Å². The molecule has 0 aromatic carbocycles. The first kappa shape index (κ1) is 14.3. The highest BCUT2D eigenvalue weighted by atomic mass is 32.2. The molecule has 2 unspecified atom stereocenters. The van der Waals surface area contributed by atoms with Gasteiger partial charge in [0.15, 0.2) is 0 Å². The molecule has 0 fully saturated rings. The molecule has 100 valence electrons. The van der Waals surface area contributed by atoms with Crippen LogP contribution in [-0.4, -0.2) is 37.2 Å². The lowest BCUT2D eigenvalue weighted by molar-refractivity contribution is -0.383. The van der Waals surface area contributed by atoms with E-state index < -0.39 is 15.7 Å². The van der Waals surface area contributed by atoms with E-state index >= 15 is 0 Å². The van der Waals surface area contributed by atoms with Gasteiger partial charge in [0.1, 0.15) is 6.33 Å². The minimum absolute atomic E-state index is 0.00994. The standard InChI is InChI=1S/C9H15N5O3S/c1-6(18(2)17)3-4-11-9-7(14(15)16)8(10)12-5-13-9/h5-6H,3-4H2,1-2H3,(H3,10,11,12,13). The molecule has 1 heterocycles. The van der Waals surface area contributed by atoms with Gasteiger partial charge in [0.25, 0.3) is 0 Å². The molecule has 1 aromatic rings. The van der Waals surface area contributed by atoms with Gasteiger partial charge in [0, 0.05) is 28.9 Å². The second kappa shape index (κ2) is 6.24. The van der Waals surface area contributed by atoms with Crippen molar-refractivity contribution in [2.24, 2.45) is 0 Å². The highest BCUT2D eigenvalue weighted by Crippen LogP contribution is 2.26. The van der Waals surface area contributed by atoms with Gasteiger partial charge in [-0.25, -0.2) is 9.97 Å². The van der Waals surface area contributed by atoms with Crippen LogP contribution < -0.4 is 11.1 Å². The van der Waals surface area contributed by atoms with E-state index in [2.05, 4.69) is 15.3 Å². The molecule has 0 spiro atoms. The fourth-order valence-corrected chi connectivity index (χ4v) is 1.71. The fraction of sp³-hybridized carbons (Fsp3) is 0.556. The molecule has 2 atom stereocenters. The second-order valence-electron chi connectivity index (χ2n) is 3.74. The maximum absolute atomic E-state index is 11.1. The summed E-state index contributed by atoms with van der Waals surface area (Å²) in [6.45, 7) is 2.28. The Morgan fingerprint density at radius 2 is 2.28 bits per heavy atom. The van der Waals surface area contributed by atoms with Crippen LogP contribution in [0.4, 0.5) is 17.3 Å². The highest BCUT2D eigenvalue weighted by molar-refractivity contribution is 7.84. The summed E-state index contributed by atoms with van der Waals surface area (Å²) in [6, 6.07) is 0. The lowest BCUT2D eigenvalue weighted by atomic mass is 10.3. The first-order chi connectivity index (χ1) is 8.43. The Hall–Kier alpha value is -1.77. The minimum atomic E-state index is -0.918. The number of nitrogens with two attached hydrogens (primary N) is 1. The number of anilines is 2. The quantitative estimate of drug-likeness (QED) is 0.572. The van der Waals surface area contributed by atoms with Crippen LogP contribution in [0.1, 0.15) is 13.3 Å². The topological polar surface area (TPSA) is 124 Å². The number of nitro groups is 1. The molecule has 0 radical (unpaired) electrons. The average molecular weight is 273 g/mol. The molecule has 3 N–H and O–H groups in total. The van der Waals surface area contributed by atoms with Gasteiger partial charge in [-0.05, 0) is 6.42 Å². The molecule has 0 saturated carbocycles. The molecular formula is C9H15N5O3S. The molecule has 0 aliphatic carbocycles. The average Bonchev–Trinajstić information content (AvgIpc) is 2.28. The van der Waals surface area contributed by atoms with Gasteiger partial charge in [-0.3, -0.25) is 14.3 Å². The van der Waals surface area contributed by atoms with E-state index in [1.807, 2.05) is 6.92 Å². The maximum atomic E-state index is 11.1. The van der Waals surface area contributed by atoms with Crippen molar-refractivity contribution in [3.8, 4) is 0 Å². The predicted molar refractivity (Wildman–Crippen MR) is 69.7 cm³/mol. The van der Waals surface area contributed by atoms with Gasteiger partial charge in [0.05, 0.1) is 4.92 Å². The van der Waals surface area contributed by atoms with Crippen LogP contribution in [0.5, 0.6) is 0 Å². The minimum Gasteiger partial charge on any atom is -0.378 e. The van der Waals surface area contributed by atoms with Crippen molar-refractivity contribution in [1.82, 2.24) is 9.97 Å². The Labute approximate surface area is 107 Å². The summed E-state index contributed by atoms with van der Waals surface area (Å²) < 4.78 is 11.1. The normalized spacial score (nSPS) is 13.9. The summed E-state index contributed by atoms with van der Waals surface area (Å²) in [6.07, 6.45) is 3.39. The Kier molecular flexibility index (Phi) is 4.95. The molecule has 1 aromatic heterocycles. The molecule has 0 aliphatic heterocycles. The molecule has 9 heteroatoms. The number of rotatable bonds is 6. The Morgan fingerprint density at radius 1 is 1.61 bits per heavy atom. The zero-order valence-electron chi connectivity index (χ0n) is 10.1. The van der Waals surface area contributed by atoms with E-state index in [9.17, 15) is 14.3 Å². The van der Waals surface area contributed by atoms with E-state index in [0.717, 1.165) is 6.33 Å². The van der Waals surface area contributed by atoms with Crippen LogP contribution in [0.3, 0.4) is 0 Å². The molecule has 0 amide bonds. The number of hydrogen-bond acceptors (Lipinski definition) is 7. The summed E-state index contributed by atoms with van der Waals surface area (Å²) in [5.74, 6) is -0.0915. The van der Waals surface area contributed by atoms with Crippen molar-refractivity contribution in [2.75, 3.05) is 23.9 Å². The van der Waals surface area contributed by atoms with Crippen molar-refractivity contribution >= 4 is 28.1 Å². The van der Waals surface area contributed by atoms with Crippen molar-refractivity contribution in [2.45, 2.75) is 18.6 Å². The monoisotopic (exact) mass is 273 g/mol. The lowest BCUT2D eigenvalue weighted by Gasteiger charge is -2.09. The summed E-state index contributed by atoms with van der Waals surface area (Å²) in [4.78, 5) is 17.5. The summed E-state index contributed by atoms with van der Waals surface area (Å²) in [5, 5.41) is 13.6. The van der Waals surface area contributed by atoms with E-state index in [0.29, 0.717) is 13.0 Å². The largest absolute Gasteiger partial charge is 0.378 e. The number of nitrogens with zero attached hydrogens (tertiary/aromatic N) is 3. The van der Waals surface area contributed by atoms with Crippen LogP contribution in [-0.2, 0) is 10.8 Å². The van der Waals surface area contributed by atoms with Gasteiger partial charge >= 0.3 is 5.69 Å². The van der Waals surface area contributed by atoms with Crippen molar-refractivity contribution in [3.63, 3.8) is 0 Å². The Morgan fingerprint density at radius 3 is 2.83 bits per heavy atom. The van der Waals surface area contributed by atoms with Crippen molar-refractivity contribution in [1.29, 1.82) is 0 Å². The Balaban J connectivity index is 2.71. The van der Waals surface area contributed by atoms with Gasteiger partial charge in [-0.2, -0.15) is 0 Å². The number of hydrogen-bond donors (Lipinski definition) is 2. The van der Waals surface area contributed by atoms with Crippen molar-refractivity contribution in [3.05, 3.63) is 16.4 Å². The molecule has 0 bridgehead atoms. The molecule has 0 saturated heterocycles. The first-order valence-electron chi connectivity index (χ1n) is 5.24. The van der Waals surface area contributed by atoms with Gasteiger partial charge < -0.3 is 11.1 Å². The van der Waals surface area contributed by atoms with Crippen LogP contribution in [0, 0.1) is 10.1 Å². The number of aromatic nitrogens is 2. The van der Waals surface area contributed by atoms with E-state index in [-0.39, 0.29) is 22.6 Å². The lowest BCUT2D eigenvalue weighted by Crippen LogP contribution is -2.16. The van der Waals surface area contributed by atoms with Gasteiger partial charge in [-0.1, -0.05) is 6.92 Å². The highest BCUT2D eigenvalue weighted by Gasteiger charge is 2.20. The van der Waals surface area contributed by atoms with Crippen LogP contribution in [0.25, 0.3) is 0 Å². The SMILES string of the molecule is CC(CCNc1ncnc(N)c1[N+](=O)[O-])S(C)=O. The molecule has 8 nitrogen and oxygen atoms in total.